The van der Waals surface area contributed by atoms with Gasteiger partial charge in [0.05, 0.1) is 19.4 Å². The van der Waals surface area contributed by atoms with E-state index in [9.17, 15) is 9.59 Å². The summed E-state index contributed by atoms with van der Waals surface area (Å²) >= 11 is 0. The van der Waals surface area contributed by atoms with E-state index < -0.39 is 0 Å². The quantitative estimate of drug-likeness (QED) is 0.728. The lowest BCUT2D eigenvalue weighted by Gasteiger charge is -2.28. The number of esters is 1. The lowest BCUT2D eigenvalue weighted by molar-refractivity contribution is -0.142. The zero-order valence-corrected chi connectivity index (χ0v) is 14.4. The van der Waals surface area contributed by atoms with Crippen LogP contribution < -0.4 is 0 Å². The second-order valence-electron chi connectivity index (χ2n) is 6.34. The van der Waals surface area contributed by atoms with E-state index >= 15 is 0 Å². The van der Waals surface area contributed by atoms with Gasteiger partial charge in [0.25, 0.3) is 0 Å². The molecule has 130 valence electrons. The van der Waals surface area contributed by atoms with Gasteiger partial charge in [0.15, 0.2) is 0 Å². The number of carbonyl (C=O) groups is 2. The Kier molecular flexibility index (Phi) is 5.49. The molecule has 0 heterocycles. The van der Waals surface area contributed by atoms with E-state index in [-0.39, 0.29) is 30.3 Å². The third kappa shape index (κ3) is 4.27. The summed E-state index contributed by atoms with van der Waals surface area (Å²) in [6.45, 7) is 0.409. The molecule has 0 saturated heterocycles. The highest BCUT2D eigenvalue weighted by Crippen LogP contribution is 2.33. The van der Waals surface area contributed by atoms with Crippen molar-refractivity contribution in [1.29, 1.82) is 0 Å². The van der Waals surface area contributed by atoms with Crippen molar-refractivity contribution in [3.8, 4) is 0 Å². The van der Waals surface area contributed by atoms with Crippen LogP contribution in [0.25, 0.3) is 0 Å². The summed E-state index contributed by atoms with van der Waals surface area (Å²) in [7, 11) is 1.38. The Hall–Kier alpha value is -2.62. The van der Waals surface area contributed by atoms with Crippen molar-refractivity contribution >= 4 is 11.9 Å². The molecular formula is C21H23NO3. The predicted octanol–water partition coefficient (Wildman–Crippen LogP) is 3.37. The minimum Gasteiger partial charge on any atom is -0.469 e. The maximum absolute atomic E-state index is 13.4. The van der Waals surface area contributed by atoms with E-state index in [0.29, 0.717) is 6.54 Å². The van der Waals surface area contributed by atoms with E-state index in [1.54, 1.807) is 0 Å². The van der Waals surface area contributed by atoms with Crippen LogP contribution >= 0.6 is 0 Å². The van der Waals surface area contributed by atoms with Crippen molar-refractivity contribution in [2.45, 2.75) is 31.2 Å². The van der Waals surface area contributed by atoms with E-state index in [2.05, 4.69) is 0 Å². The van der Waals surface area contributed by atoms with Gasteiger partial charge in [-0.2, -0.15) is 0 Å². The zero-order chi connectivity index (χ0) is 17.6. The van der Waals surface area contributed by atoms with E-state index in [1.165, 1.54) is 7.11 Å². The summed E-state index contributed by atoms with van der Waals surface area (Å²) in [4.78, 5) is 26.8. The maximum atomic E-state index is 13.4. The Bertz CT molecular complexity index is 671. The van der Waals surface area contributed by atoms with Crippen molar-refractivity contribution in [3.05, 3.63) is 71.8 Å². The van der Waals surface area contributed by atoms with Crippen LogP contribution in [0.2, 0.25) is 0 Å². The van der Waals surface area contributed by atoms with Gasteiger partial charge in [-0.05, 0) is 24.0 Å². The number of ether oxygens (including phenoxy) is 1. The maximum Gasteiger partial charge on any atom is 0.307 e. The minimum absolute atomic E-state index is 0.0591. The second kappa shape index (κ2) is 7.97. The van der Waals surface area contributed by atoms with Crippen molar-refractivity contribution in [1.82, 2.24) is 4.90 Å². The van der Waals surface area contributed by atoms with Gasteiger partial charge in [-0.3, -0.25) is 9.59 Å². The van der Waals surface area contributed by atoms with Gasteiger partial charge in [0, 0.05) is 12.6 Å². The van der Waals surface area contributed by atoms with Gasteiger partial charge in [-0.1, -0.05) is 60.7 Å². The molecule has 0 unspecified atom stereocenters. The van der Waals surface area contributed by atoms with Crippen molar-refractivity contribution < 1.29 is 14.3 Å². The van der Waals surface area contributed by atoms with E-state index in [1.807, 2.05) is 65.6 Å². The molecule has 0 bridgehead atoms. The van der Waals surface area contributed by atoms with Crippen LogP contribution in [-0.4, -0.2) is 36.5 Å². The molecule has 0 atom stereocenters. The average Bonchev–Trinajstić information content (AvgIpc) is 3.49. The van der Waals surface area contributed by atoms with Gasteiger partial charge < -0.3 is 9.64 Å². The highest BCUT2D eigenvalue weighted by atomic mass is 16.5. The van der Waals surface area contributed by atoms with Crippen LogP contribution in [0.5, 0.6) is 0 Å². The Morgan fingerprint density at radius 2 is 1.52 bits per heavy atom. The summed E-state index contributed by atoms with van der Waals surface area (Å²) in [6.07, 6.45) is 2.24. The van der Waals surface area contributed by atoms with Crippen LogP contribution in [0.3, 0.4) is 0 Å². The summed E-state index contributed by atoms with van der Waals surface area (Å²) in [6, 6.07) is 19.9. The Morgan fingerprint density at radius 3 is 1.96 bits per heavy atom. The monoisotopic (exact) mass is 337 g/mol. The third-order valence-corrected chi connectivity index (χ3v) is 4.57. The van der Waals surface area contributed by atoms with Crippen LogP contribution in [0.1, 0.15) is 36.3 Å². The molecule has 1 amide bonds. The standard InChI is InChI=1S/C21H23NO3/c1-25-19(23)14-15-22(18-12-13-18)21(24)20(16-8-4-2-5-9-16)17-10-6-3-7-11-17/h2-11,18,20H,12-15H2,1H3. The Balaban J connectivity index is 1.88. The van der Waals surface area contributed by atoms with Crippen LogP contribution in [0, 0.1) is 0 Å². The van der Waals surface area contributed by atoms with Gasteiger partial charge in [0.1, 0.15) is 0 Å². The summed E-state index contributed by atoms with van der Waals surface area (Å²) in [5.74, 6) is -0.570. The highest BCUT2D eigenvalue weighted by Gasteiger charge is 2.37. The van der Waals surface area contributed by atoms with Crippen molar-refractivity contribution in [3.63, 3.8) is 0 Å². The first-order chi connectivity index (χ1) is 12.2. The lowest BCUT2D eigenvalue weighted by atomic mass is 9.90. The van der Waals surface area contributed by atoms with Crippen molar-refractivity contribution in [2.24, 2.45) is 0 Å². The number of hydrogen-bond acceptors (Lipinski definition) is 3. The molecule has 1 fully saturated rings. The molecule has 4 nitrogen and oxygen atoms in total. The van der Waals surface area contributed by atoms with Gasteiger partial charge in [-0.15, -0.1) is 0 Å². The Morgan fingerprint density at radius 1 is 1.00 bits per heavy atom. The normalized spacial score (nSPS) is 13.5. The molecular weight excluding hydrogens is 314 g/mol. The third-order valence-electron chi connectivity index (χ3n) is 4.57. The van der Waals surface area contributed by atoms with Crippen LogP contribution in [0.4, 0.5) is 0 Å². The molecule has 0 radical (unpaired) electrons. The number of methoxy groups -OCH3 is 1. The molecule has 25 heavy (non-hydrogen) atoms. The number of benzene rings is 2. The fraction of sp³-hybridized carbons (Fsp3) is 0.333. The highest BCUT2D eigenvalue weighted by molar-refractivity contribution is 5.88. The molecule has 0 spiro atoms. The predicted molar refractivity (Wildman–Crippen MR) is 96.1 cm³/mol. The molecule has 1 aliphatic carbocycles. The number of rotatable bonds is 7. The molecule has 0 aliphatic heterocycles. The number of carbonyl (C=O) groups excluding carboxylic acids is 2. The first-order valence-corrected chi connectivity index (χ1v) is 8.68. The molecule has 0 N–H and O–H groups in total. The smallest absolute Gasteiger partial charge is 0.307 e. The van der Waals surface area contributed by atoms with Gasteiger partial charge >= 0.3 is 5.97 Å². The van der Waals surface area contributed by atoms with Gasteiger partial charge in [-0.25, -0.2) is 0 Å². The summed E-state index contributed by atoms with van der Waals surface area (Å²) in [5.41, 5.74) is 1.95. The molecule has 3 rings (SSSR count). The number of amides is 1. The van der Waals surface area contributed by atoms with Crippen LogP contribution in [-0.2, 0) is 14.3 Å². The summed E-state index contributed by atoms with van der Waals surface area (Å²) < 4.78 is 4.73. The van der Waals surface area contributed by atoms with Gasteiger partial charge in [0.2, 0.25) is 5.91 Å². The zero-order valence-electron chi connectivity index (χ0n) is 14.4. The fourth-order valence-electron chi connectivity index (χ4n) is 3.11. The Labute approximate surface area is 148 Å². The lowest BCUT2D eigenvalue weighted by Crippen LogP contribution is -2.39. The molecule has 0 aromatic heterocycles. The van der Waals surface area contributed by atoms with Crippen LogP contribution in [0.15, 0.2) is 60.7 Å². The largest absolute Gasteiger partial charge is 0.469 e. The van der Waals surface area contributed by atoms with E-state index in [4.69, 9.17) is 4.74 Å². The minimum atomic E-state index is -0.347. The topological polar surface area (TPSA) is 46.6 Å². The molecule has 2 aromatic rings. The first-order valence-electron chi connectivity index (χ1n) is 8.68. The SMILES string of the molecule is COC(=O)CCN(C(=O)C(c1ccccc1)c1ccccc1)C1CC1. The molecule has 1 aliphatic rings. The summed E-state index contributed by atoms with van der Waals surface area (Å²) in [5, 5.41) is 0. The molecule has 2 aromatic carbocycles. The average molecular weight is 337 g/mol. The first kappa shape index (κ1) is 17.2. The molecule has 4 heteroatoms. The molecule has 1 saturated carbocycles. The fourth-order valence-corrected chi connectivity index (χ4v) is 3.11. The number of hydrogen-bond donors (Lipinski definition) is 0. The number of nitrogens with zero attached hydrogens (tertiary/aromatic N) is 1. The van der Waals surface area contributed by atoms with E-state index in [0.717, 1.165) is 24.0 Å². The second-order valence-corrected chi connectivity index (χ2v) is 6.34. The van der Waals surface area contributed by atoms with Crippen molar-refractivity contribution in [2.75, 3.05) is 13.7 Å².